The zero-order chi connectivity index (χ0) is 15.7. The third kappa shape index (κ3) is 2.89. The molecule has 0 bridgehead atoms. The van der Waals surface area contributed by atoms with Gasteiger partial charge in [-0.1, -0.05) is 13.8 Å². The summed E-state index contributed by atoms with van der Waals surface area (Å²) < 4.78 is 7.78. The Morgan fingerprint density at radius 2 is 1.95 bits per heavy atom. The van der Waals surface area contributed by atoms with Crippen LogP contribution in [0.1, 0.15) is 49.8 Å². The lowest BCUT2D eigenvalue weighted by molar-refractivity contribution is 0.0698. The molecule has 0 unspecified atom stereocenters. The SMILES string of the molecule is Cc1c(C(=O)O)c2cc(OCC(C)C)ccc2n1C(C)C. The maximum Gasteiger partial charge on any atom is 0.338 e. The van der Waals surface area contributed by atoms with Gasteiger partial charge in [0, 0.05) is 22.6 Å². The number of carboxylic acid groups (broad SMARTS) is 1. The number of hydrogen-bond donors (Lipinski definition) is 1. The van der Waals surface area contributed by atoms with Crippen LogP contribution in [0.3, 0.4) is 0 Å². The summed E-state index contributed by atoms with van der Waals surface area (Å²) in [7, 11) is 0. The van der Waals surface area contributed by atoms with Crippen molar-refractivity contribution in [3.63, 3.8) is 0 Å². The minimum absolute atomic E-state index is 0.211. The number of rotatable bonds is 5. The predicted octanol–water partition coefficient (Wildman–Crippen LogP) is 4.26. The van der Waals surface area contributed by atoms with Gasteiger partial charge in [-0.25, -0.2) is 4.79 Å². The van der Waals surface area contributed by atoms with E-state index >= 15 is 0 Å². The first-order valence-electron chi connectivity index (χ1n) is 7.33. The molecular weight excluding hydrogens is 266 g/mol. The lowest BCUT2D eigenvalue weighted by Gasteiger charge is -2.13. The lowest BCUT2D eigenvalue weighted by Crippen LogP contribution is -2.05. The number of benzene rings is 1. The summed E-state index contributed by atoms with van der Waals surface area (Å²) in [5.74, 6) is 0.263. The molecule has 1 aromatic heterocycles. The molecule has 0 saturated carbocycles. The molecule has 0 radical (unpaired) electrons. The lowest BCUT2D eigenvalue weighted by atomic mass is 10.1. The Bertz CT molecular complexity index is 668. The second-order valence-electron chi connectivity index (χ2n) is 6.11. The highest BCUT2D eigenvalue weighted by Gasteiger charge is 2.21. The third-order valence-electron chi connectivity index (χ3n) is 3.53. The maximum atomic E-state index is 11.6. The van der Waals surface area contributed by atoms with Gasteiger partial charge in [0.2, 0.25) is 0 Å². The van der Waals surface area contributed by atoms with Crippen molar-refractivity contribution in [2.45, 2.75) is 40.7 Å². The summed E-state index contributed by atoms with van der Waals surface area (Å²) in [6.45, 7) is 10.8. The Kier molecular flexibility index (Phi) is 4.26. The molecule has 0 spiro atoms. The number of hydrogen-bond acceptors (Lipinski definition) is 2. The molecule has 0 aliphatic carbocycles. The van der Waals surface area contributed by atoms with Gasteiger partial charge < -0.3 is 14.4 Å². The number of aromatic carboxylic acids is 1. The van der Waals surface area contributed by atoms with E-state index in [9.17, 15) is 9.90 Å². The van der Waals surface area contributed by atoms with Crippen LogP contribution in [0.4, 0.5) is 0 Å². The standard InChI is InChI=1S/C17H23NO3/c1-10(2)9-21-13-6-7-15-14(8-13)16(17(19)20)12(5)18(15)11(3)4/h6-8,10-11H,9H2,1-5H3,(H,19,20). The van der Waals surface area contributed by atoms with E-state index in [-0.39, 0.29) is 6.04 Å². The predicted molar refractivity (Wildman–Crippen MR) is 84.4 cm³/mol. The van der Waals surface area contributed by atoms with Gasteiger partial charge in [-0.3, -0.25) is 0 Å². The van der Waals surface area contributed by atoms with E-state index in [1.165, 1.54) is 0 Å². The Labute approximate surface area is 125 Å². The zero-order valence-corrected chi connectivity index (χ0v) is 13.3. The second-order valence-corrected chi connectivity index (χ2v) is 6.11. The fourth-order valence-corrected chi connectivity index (χ4v) is 2.71. The molecule has 0 amide bonds. The van der Waals surface area contributed by atoms with Crippen LogP contribution in [0.15, 0.2) is 18.2 Å². The molecule has 0 aliphatic heterocycles. The number of fused-ring (bicyclic) bond motifs is 1. The average molecular weight is 289 g/mol. The van der Waals surface area contributed by atoms with E-state index in [4.69, 9.17) is 4.74 Å². The summed E-state index contributed by atoms with van der Waals surface area (Å²) in [6, 6.07) is 5.91. The van der Waals surface area contributed by atoms with E-state index in [1.807, 2.05) is 25.1 Å². The van der Waals surface area contributed by atoms with E-state index in [0.29, 0.717) is 18.1 Å². The molecule has 0 fully saturated rings. The highest BCUT2D eigenvalue weighted by Crippen LogP contribution is 2.32. The number of carboxylic acids is 1. The molecule has 2 rings (SSSR count). The minimum Gasteiger partial charge on any atom is -0.493 e. The largest absolute Gasteiger partial charge is 0.493 e. The van der Waals surface area contributed by atoms with Crippen molar-refractivity contribution in [2.24, 2.45) is 5.92 Å². The highest BCUT2D eigenvalue weighted by atomic mass is 16.5. The van der Waals surface area contributed by atoms with Gasteiger partial charge in [0.15, 0.2) is 0 Å². The Morgan fingerprint density at radius 1 is 1.29 bits per heavy atom. The van der Waals surface area contributed by atoms with Crippen LogP contribution < -0.4 is 4.74 Å². The van der Waals surface area contributed by atoms with Crippen molar-refractivity contribution in [2.75, 3.05) is 6.61 Å². The Morgan fingerprint density at radius 3 is 2.48 bits per heavy atom. The number of carbonyl (C=O) groups is 1. The van der Waals surface area contributed by atoms with Crippen LogP contribution in [0, 0.1) is 12.8 Å². The van der Waals surface area contributed by atoms with Crippen molar-refractivity contribution in [3.05, 3.63) is 29.5 Å². The van der Waals surface area contributed by atoms with Gasteiger partial charge >= 0.3 is 5.97 Å². The summed E-state index contributed by atoms with van der Waals surface area (Å²) in [5.41, 5.74) is 2.10. The molecule has 1 N–H and O–H groups in total. The molecule has 1 aromatic carbocycles. The van der Waals surface area contributed by atoms with Crippen molar-refractivity contribution < 1.29 is 14.6 Å². The maximum absolute atomic E-state index is 11.6. The Hall–Kier alpha value is -1.97. The fourth-order valence-electron chi connectivity index (χ4n) is 2.71. The van der Waals surface area contributed by atoms with Crippen LogP contribution in [0.5, 0.6) is 5.75 Å². The number of ether oxygens (including phenoxy) is 1. The molecule has 0 aliphatic rings. The van der Waals surface area contributed by atoms with Crippen molar-refractivity contribution >= 4 is 16.9 Å². The van der Waals surface area contributed by atoms with E-state index < -0.39 is 5.97 Å². The zero-order valence-electron chi connectivity index (χ0n) is 13.3. The first-order valence-corrected chi connectivity index (χ1v) is 7.33. The van der Waals surface area contributed by atoms with Crippen LogP contribution in [0.2, 0.25) is 0 Å². The average Bonchev–Trinajstić information content (AvgIpc) is 2.67. The smallest absolute Gasteiger partial charge is 0.338 e. The molecule has 0 saturated heterocycles. The summed E-state index contributed by atoms with van der Waals surface area (Å²) in [6.07, 6.45) is 0. The highest BCUT2D eigenvalue weighted by molar-refractivity contribution is 6.05. The summed E-state index contributed by atoms with van der Waals surface area (Å²) >= 11 is 0. The van der Waals surface area contributed by atoms with Crippen molar-refractivity contribution in [3.8, 4) is 5.75 Å². The van der Waals surface area contributed by atoms with E-state index in [2.05, 4.69) is 32.3 Å². The van der Waals surface area contributed by atoms with Crippen LogP contribution in [0.25, 0.3) is 10.9 Å². The Balaban J connectivity index is 2.60. The number of aromatic nitrogens is 1. The molecule has 21 heavy (non-hydrogen) atoms. The van der Waals surface area contributed by atoms with Gasteiger partial charge in [-0.2, -0.15) is 0 Å². The molecule has 114 valence electrons. The van der Waals surface area contributed by atoms with Gasteiger partial charge in [0.05, 0.1) is 12.2 Å². The van der Waals surface area contributed by atoms with E-state index in [1.54, 1.807) is 0 Å². The molecule has 4 nitrogen and oxygen atoms in total. The topological polar surface area (TPSA) is 51.5 Å². The molecule has 4 heteroatoms. The van der Waals surface area contributed by atoms with Gasteiger partial charge in [0.25, 0.3) is 0 Å². The fraction of sp³-hybridized carbons (Fsp3) is 0.471. The number of nitrogens with zero attached hydrogens (tertiary/aromatic N) is 1. The van der Waals surface area contributed by atoms with Crippen molar-refractivity contribution in [1.82, 2.24) is 4.57 Å². The van der Waals surface area contributed by atoms with Crippen LogP contribution in [-0.2, 0) is 0 Å². The normalized spacial score (nSPS) is 11.6. The third-order valence-corrected chi connectivity index (χ3v) is 3.53. The first-order chi connectivity index (χ1) is 9.82. The van der Waals surface area contributed by atoms with Crippen LogP contribution >= 0.6 is 0 Å². The monoisotopic (exact) mass is 289 g/mol. The van der Waals surface area contributed by atoms with Crippen molar-refractivity contribution in [1.29, 1.82) is 0 Å². The summed E-state index contributed by atoms with van der Waals surface area (Å²) in [4.78, 5) is 11.6. The van der Waals surface area contributed by atoms with Gasteiger partial charge in [0.1, 0.15) is 5.75 Å². The molecule has 0 atom stereocenters. The van der Waals surface area contributed by atoms with Gasteiger partial charge in [-0.15, -0.1) is 0 Å². The first kappa shape index (κ1) is 15.4. The molecule has 2 aromatic rings. The van der Waals surface area contributed by atoms with Crippen LogP contribution in [-0.4, -0.2) is 22.2 Å². The summed E-state index contributed by atoms with van der Waals surface area (Å²) in [5, 5.41) is 10.3. The second kappa shape index (κ2) is 5.80. The van der Waals surface area contributed by atoms with E-state index in [0.717, 1.165) is 22.3 Å². The minimum atomic E-state index is -0.891. The molecule has 1 heterocycles. The van der Waals surface area contributed by atoms with Gasteiger partial charge in [-0.05, 0) is 44.9 Å². The molecular formula is C17H23NO3. The quantitative estimate of drug-likeness (QED) is 0.894.